The van der Waals surface area contributed by atoms with Crippen molar-refractivity contribution in [2.24, 2.45) is 0 Å². The Bertz CT molecular complexity index is 1070. The van der Waals surface area contributed by atoms with Crippen LogP contribution in [-0.2, 0) is 20.9 Å². The zero-order valence-electron chi connectivity index (χ0n) is 22.9. The Morgan fingerprint density at radius 2 is 1.82 bits per heavy atom. The first-order valence-corrected chi connectivity index (χ1v) is 13.9. The fourth-order valence-electron chi connectivity index (χ4n) is 5.57. The number of carbonyl (C=O) groups is 4. The summed E-state index contributed by atoms with van der Waals surface area (Å²) in [5, 5.41) is 5.80. The second-order valence-electron chi connectivity index (χ2n) is 10.8. The molecule has 2 saturated heterocycles. The number of imidazole rings is 1. The molecular weight excluding hydrogens is 486 g/mol. The molecule has 4 rings (SSSR count). The Morgan fingerprint density at radius 1 is 1.11 bits per heavy atom. The third kappa shape index (κ3) is 6.80. The molecule has 2 N–H and O–H groups in total. The predicted molar refractivity (Wildman–Crippen MR) is 143 cm³/mol. The largest absolute Gasteiger partial charge is 0.335 e. The normalized spacial score (nSPS) is 20.8. The number of hydrogen-bond donors (Lipinski definition) is 2. The van der Waals surface area contributed by atoms with Crippen LogP contribution in [0.5, 0.6) is 0 Å². The zero-order chi connectivity index (χ0) is 27.2. The van der Waals surface area contributed by atoms with E-state index in [0.29, 0.717) is 11.7 Å². The minimum atomic E-state index is -0.520. The Kier molecular flexibility index (Phi) is 9.19. The summed E-state index contributed by atoms with van der Waals surface area (Å²) in [5.41, 5.74) is 1.66. The molecule has 0 bridgehead atoms. The average molecular weight is 528 g/mol. The standard InChI is InChI=1S/C27H41N7O4/c1-19(2)25-22(16-23-26(37)34(20(3)35)17-24(36)30-23)28-18-33(25)11-7-10-31-12-14-32(15-13-31)27(38)29-21-8-5-4-6-9-21/h16,18-19,21H,4-15,17H2,1-3H3,(H,29,38)(H,30,36)/b23-16-. The van der Waals surface area contributed by atoms with Crippen molar-refractivity contribution in [3.8, 4) is 0 Å². The molecule has 1 aromatic heterocycles. The lowest BCUT2D eigenvalue weighted by Crippen LogP contribution is -2.53. The number of carbonyl (C=O) groups excluding carboxylic acids is 4. The molecule has 0 radical (unpaired) electrons. The molecule has 0 aromatic carbocycles. The minimum Gasteiger partial charge on any atom is -0.335 e. The third-order valence-electron chi connectivity index (χ3n) is 7.63. The van der Waals surface area contributed by atoms with E-state index in [2.05, 4.69) is 38.9 Å². The summed E-state index contributed by atoms with van der Waals surface area (Å²) >= 11 is 0. The summed E-state index contributed by atoms with van der Waals surface area (Å²) in [7, 11) is 0. The molecule has 1 aliphatic carbocycles. The van der Waals surface area contributed by atoms with Gasteiger partial charge in [-0.25, -0.2) is 9.78 Å². The van der Waals surface area contributed by atoms with Crippen LogP contribution in [-0.4, -0.2) is 93.3 Å². The quantitative estimate of drug-likeness (QED) is 0.523. The van der Waals surface area contributed by atoms with E-state index < -0.39 is 17.7 Å². The van der Waals surface area contributed by atoms with Gasteiger partial charge in [0.1, 0.15) is 12.2 Å². The molecule has 0 atom stereocenters. The molecule has 11 nitrogen and oxygen atoms in total. The topological polar surface area (TPSA) is 120 Å². The average Bonchev–Trinajstić information content (AvgIpc) is 3.29. The van der Waals surface area contributed by atoms with E-state index in [1.807, 2.05) is 4.90 Å². The maximum atomic E-state index is 12.7. The Morgan fingerprint density at radius 3 is 2.47 bits per heavy atom. The van der Waals surface area contributed by atoms with Gasteiger partial charge in [0.15, 0.2) is 0 Å². The number of imide groups is 1. The fourth-order valence-corrected chi connectivity index (χ4v) is 5.57. The van der Waals surface area contributed by atoms with Crippen molar-refractivity contribution in [2.75, 3.05) is 39.3 Å². The van der Waals surface area contributed by atoms with Crippen LogP contribution in [0, 0.1) is 0 Å². The fraction of sp³-hybridized carbons (Fsp3) is 0.667. The van der Waals surface area contributed by atoms with Crippen molar-refractivity contribution in [1.29, 1.82) is 0 Å². The van der Waals surface area contributed by atoms with Gasteiger partial charge in [0.25, 0.3) is 5.91 Å². The third-order valence-corrected chi connectivity index (χ3v) is 7.63. The van der Waals surface area contributed by atoms with Gasteiger partial charge in [-0.3, -0.25) is 24.2 Å². The van der Waals surface area contributed by atoms with Gasteiger partial charge in [-0.2, -0.15) is 0 Å². The lowest BCUT2D eigenvalue weighted by Gasteiger charge is -2.36. The number of nitrogens with zero attached hydrogens (tertiary/aromatic N) is 5. The van der Waals surface area contributed by atoms with Crippen molar-refractivity contribution in [2.45, 2.75) is 77.8 Å². The maximum Gasteiger partial charge on any atom is 0.317 e. The SMILES string of the molecule is CC(=O)N1CC(=O)N/C(=C\c2ncn(CCCN3CCN(C(=O)NC4CCCCC4)CC3)c2C(C)C)C1=O. The van der Waals surface area contributed by atoms with E-state index in [1.54, 1.807) is 12.4 Å². The highest BCUT2D eigenvalue weighted by molar-refractivity contribution is 6.12. The number of piperazine rings is 2. The highest BCUT2D eigenvalue weighted by atomic mass is 16.2. The van der Waals surface area contributed by atoms with Crippen LogP contribution in [0.3, 0.4) is 0 Å². The molecule has 3 heterocycles. The molecule has 1 saturated carbocycles. The second-order valence-corrected chi connectivity index (χ2v) is 10.8. The molecule has 3 aliphatic rings. The van der Waals surface area contributed by atoms with E-state index in [4.69, 9.17) is 0 Å². The van der Waals surface area contributed by atoms with Gasteiger partial charge in [-0.05, 0) is 37.8 Å². The van der Waals surface area contributed by atoms with Crippen molar-refractivity contribution < 1.29 is 19.2 Å². The molecule has 0 unspecified atom stereocenters. The Labute approximate surface area is 224 Å². The van der Waals surface area contributed by atoms with E-state index >= 15 is 0 Å². The Hall–Kier alpha value is -3.21. The lowest BCUT2D eigenvalue weighted by atomic mass is 9.96. The van der Waals surface area contributed by atoms with Crippen molar-refractivity contribution >= 4 is 29.8 Å². The highest BCUT2D eigenvalue weighted by Gasteiger charge is 2.31. The number of aromatic nitrogens is 2. The van der Waals surface area contributed by atoms with E-state index in [9.17, 15) is 19.2 Å². The van der Waals surface area contributed by atoms with Gasteiger partial charge in [0.2, 0.25) is 11.8 Å². The smallest absolute Gasteiger partial charge is 0.317 e. The van der Waals surface area contributed by atoms with Gasteiger partial charge in [-0.1, -0.05) is 33.1 Å². The van der Waals surface area contributed by atoms with Crippen LogP contribution in [0.15, 0.2) is 12.0 Å². The number of urea groups is 1. The first kappa shape index (κ1) is 27.8. The van der Waals surface area contributed by atoms with Gasteiger partial charge in [0, 0.05) is 51.4 Å². The van der Waals surface area contributed by atoms with E-state index in [0.717, 1.165) is 69.1 Å². The lowest BCUT2D eigenvalue weighted by molar-refractivity contribution is -0.147. The number of hydrogen-bond acceptors (Lipinski definition) is 6. The molecular formula is C27H41N7O4. The summed E-state index contributed by atoms with van der Waals surface area (Å²) in [4.78, 5) is 58.9. The van der Waals surface area contributed by atoms with E-state index in [1.165, 1.54) is 26.2 Å². The summed E-state index contributed by atoms with van der Waals surface area (Å²) < 4.78 is 2.10. The molecule has 11 heteroatoms. The van der Waals surface area contributed by atoms with Crippen LogP contribution in [0.1, 0.15) is 76.6 Å². The summed E-state index contributed by atoms with van der Waals surface area (Å²) in [6, 6.07) is 0.415. The molecule has 1 aromatic rings. The monoisotopic (exact) mass is 527 g/mol. The molecule has 2 aliphatic heterocycles. The van der Waals surface area contributed by atoms with Crippen molar-refractivity contribution in [3.05, 3.63) is 23.4 Å². The van der Waals surface area contributed by atoms with Crippen molar-refractivity contribution in [3.63, 3.8) is 0 Å². The van der Waals surface area contributed by atoms with Crippen LogP contribution in [0.2, 0.25) is 0 Å². The van der Waals surface area contributed by atoms with Crippen molar-refractivity contribution in [1.82, 2.24) is 34.9 Å². The zero-order valence-corrected chi connectivity index (χ0v) is 22.9. The first-order chi connectivity index (χ1) is 18.2. The molecule has 0 spiro atoms. The number of amides is 5. The molecule has 38 heavy (non-hydrogen) atoms. The van der Waals surface area contributed by atoms with Gasteiger partial charge in [-0.15, -0.1) is 0 Å². The number of rotatable bonds is 7. The molecule has 3 fully saturated rings. The summed E-state index contributed by atoms with van der Waals surface area (Å²) in [5.74, 6) is -1.24. The predicted octanol–water partition coefficient (Wildman–Crippen LogP) is 1.90. The summed E-state index contributed by atoms with van der Waals surface area (Å²) in [6.07, 6.45) is 10.2. The Balaban J connectivity index is 1.29. The summed E-state index contributed by atoms with van der Waals surface area (Å²) in [6.45, 7) is 10.1. The van der Waals surface area contributed by atoms with Gasteiger partial charge >= 0.3 is 6.03 Å². The van der Waals surface area contributed by atoms with Crippen LogP contribution >= 0.6 is 0 Å². The van der Waals surface area contributed by atoms with E-state index in [-0.39, 0.29) is 24.2 Å². The maximum absolute atomic E-state index is 12.7. The molecule has 208 valence electrons. The van der Waals surface area contributed by atoms with Gasteiger partial charge < -0.3 is 20.1 Å². The second kappa shape index (κ2) is 12.6. The van der Waals surface area contributed by atoms with Gasteiger partial charge in [0.05, 0.1) is 12.0 Å². The number of nitrogens with one attached hydrogen (secondary N) is 2. The number of aryl methyl sites for hydroxylation is 1. The van der Waals surface area contributed by atoms with Crippen LogP contribution in [0.4, 0.5) is 4.79 Å². The highest BCUT2D eigenvalue weighted by Crippen LogP contribution is 2.23. The first-order valence-electron chi connectivity index (χ1n) is 13.9. The van der Waals surface area contributed by atoms with Crippen LogP contribution < -0.4 is 10.6 Å². The van der Waals surface area contributed by atoms with Crippen LogP contribution in [0.25, 0.3) is 6.08 Å². The minimum absolute atomic E-state index is 0.0639. The molecule has 5 amide bonds.